The first-order chi connectivity index (χ1) is 6.28. The predicted molar refractivity (Wildman–Crippen MR) is 58.4 cm³/mol. The van der Waals surface area contributed by atoms with Crippen LogP contribution in [0.1, 0.15) is 40.5 Å². The second kappa shape index (κ2) is 5.35. The summed E-state index contributed by atoms with van der Waals surface area (Å²) in [7, 11) is 1.89. The zero-order chi connectivity index (χ0) is 11.4. The van der Waals surface area contributed by atoms with Gasteiger partial charge in [0.15, 0.2) is 0 Å². The van der Waals surface area contributed by atoms with Crippen molar-refractivity contribution in [3.8, 4) is 0 Å². The molecule has 0 amide bonds. The fourth-order valence-electron chi connectivity index (χ4n) is 1.66. The molecule has 0 aliphatic rings. The molecule has 0 spiro atoms. The van der Waals surface area contributed by atoms with Crippen LogP contribution in [0.2, 0.25) is 0 Å². The summed E-state index contributed by atoms with van der Waals surface area (Å²) in [5.41, 5.74) is 0.149. The van der Waals surface area contributed by atoms with E-state index in [1.54, 1.807) is 0 Å². The van der Waals surface area contributed by atoms with Gasteiger partial charge in [0.05, 0.1) is 0 Å². The van der Waals surface area contributed by atoms with Crippen molar-refractivity contribution in [3.05, 3.63) is 0 Å². The highest BCUT2D eigenvalue weighted by atomic mass is 16.4. The Morgan fingerprint density at radius 3 is 2.21 bits per heavy atom. The maximum atomic E-state index is 11.0. The van der Waals surface area contributed by atoms with Crippen molar-refractivity contribution < 1.29 is 9.90 Å². The normalized spacial score (nSPS) is 14.4. The van der Waals surface area contributed by atoms with Crippen molar-refractivity contribution in [2.75, 3.05) is 13.6 Å². The molecule has 0 rings (SSSR count). The minimum Gasteiger partial charge on any atom is -0.480 e. The highest BCUT2D eigenvalue weighted by Gasteiger charge is 2.24. The second-order valence-corrected chi connectivity index (χ2v) is 5.12. The number of carboxylic acids is 1. The smallest absolute Gasteiger partial charge is 0.320 e. The quantitative estimate of drug-likeness (QED) is 0.741. The Labute approximate surface area is 87.1 Å². The zero-order valence-electron chi connectivity index (χ0n) is 10.0. The molecule has 1 atom stereocenters. The SMILES string of the molecule is CCCC(C(=O)O)N(C)CC(C)(C)C. The monoisotopic (exact) mass is 201 g/mol. The van der Waals surface area contributed by atoms with Crippen LogP contribution in [0.4, 0.5) is 0 Å². The summed E-state index contributed by atoms with van der Waals surface area (Å²) >= 11 is 0. The third-order valence-electron chi connectivity index (χ3n) is 2.10. The maximum Gasteiger partial charge on any atom is 0.320 e. The number of hydrogen-bond donors (Lipinski definition) is 1. The van der Waals surface area contributed by atoms with Gasteiger partial charge >= 0.3 is 5.97 Å². The van der Waals surface area contributed by atoms with Crippen LogP contribution in [0.25, 0.3) is 0 Å². The molecule has 0 aromatic rings. The van der Waals surface area contributed by atoms with E-state index in [0.717, 1.165) is 19.4 Å². The Morgan fingerprint density at radius 1 is 1.43 bits per heavy atom. The van der Waals surface area contributed by atoms with Crippen LogP contribution in [-0.4, -0.2) is 35.6 Å². The minimum atomic E-state index is -0.710. The number of rotatable bonds is 5. The van der Waals surface area contributed by atoms with E-state index in [9.17, 15) is 4.79 Å². The van der Waals surface area contributed by atoms with Gasteiger partial charge in [-0.1, -0.05) is 34.1 Å². The maximum absolute atomic E-state index is 11.0. The minimum absolute atomic E-state index is 0.149. The van der Waals surface area contributed by atoms with Gasteiger partial charge in [-0.2, -0.15) is 0 Å². The van der Waals surface area contributed by atoms with Crippen LogP contribution in [0.15, 0.2) is 0 Å². The van der Waals surface area contributed by atoms with Gasteiger partial charge in [-0.05, 0) is 18.9 Å². The summed E-state index contributed by atoms with van der Waals surface area (Å²) < 4.78 is 0. The molecule has 0 heterocycles. The summed E-state index contributed by atoms with van der Waals surface area (Å²) in [5.74, 6) is -0.710. The number of nitrogens with zero attached hydrogens (tertiary/aromatic N) is 1. The average Bonchev–Trinajstić information content (AvgIpc) is 1.95. The summed E-state index contributed by atoms with van der Waals surface area (Å²) in [5, 5.41) is 9.03. The molecule has 0 saturated carbocycles. The van der Waals surface area contributed by atoms with E-state index in [-0.39, 0.29) is 11.5 Å². The van der Waals surface area contributed by atoms with Crippen LogP contribution in [0, 0.1) is 5.41 Å². The van der Waals surface area contributed by atoms with E-state index in [4.69, 9.17) is 5.11 Å². The van der Waals surface area contributed by atoms with Gasteiger partial charge < -0.3 is 5.11 Å². The Hall–Kier alpha value is -0.570. The van der Waals surface area contributed by atoms with E-state index >= 15 is 0 Å². The lowest BCUT2D eigenvalue weighted by molar-refractivity contribution is -0.143. The Balaban J connectivity index is 4.29. The van der Waals surface area contributed by atoms with Crippen LogP contribution in [0.5, 0.6) is 0 Å². The van der Waals surface area contributed by atoms with E-state index in [1.807, 2.05) is 18.9 Å². The van der Waals surface area contributed by atoms with E-state index in [2.05, 4.69) is 20.8 Å². The molecule has 0 aromatic heterocycles. The number of carboxylic acid groups (broad SMARTS) is 1. The fourth-order valence-corrected chi connectivity index (χ4v) is 1.66. The van der Waals surface area contributed by atoms with Gasteiger partial charge in [0.2, 0.25) is 0 Å². The molecule has 1 N–H and O–H groups in total. The van der Waals surface area contributed by atoms with Crippen molar-refractivity contribution in [2.24, 2.45) is 5.41 Å². The molecule has 1 unspecified atom stereocenters. The summed E-state index contributed by atoms with van der Waals surface area (Å²) in [6.07, 6.45) is 1.63. The molecule has 0 fully saturated rings. The molecular formula is C11H23NO2. The summed E-state index contributed by atoms with van der Waals surface area (Å²) in [6.45, 7) is 9.18. The molecule has 0 saturated heterocycles. The van der Waals surface area contributed by atoms with Crippen molar-refractivity contribution in [2.45, 2.75) is 46.6 Å². The predicted octanol–water partition coefficient (Wildman–Crippen LogP) is 2.22. The first kappa shape index (κ1) is 13.4. The lowest BCUT2D eigenvalue weighted by atomic mass is 9.95. The lowest BCUT2D eigenvalue weighted by Gasteiger charge is -2.30. The van der Waals surface area contributed by atoms with E-state index in [1.165, 1.54) is 0 Å². The molecule has 3 nitrogen and oxygen atoms in total. The number of aliphatic carboxylic acids is 1. The van der Waals surface area contributed by atoms with Gasteiger partial charge in [-0.3, -0.25) is 9.69 Å². The molecule has 0 aliphatic heterocycles. The van der Waals surface area contributed by atoms with Gasteiger partial charge in [0.25, 0.3) is 0 Å². The third-order valence-corrected chi connectivity index (χ3v) is 2.10. The average molecular weight is 201 g/mol. The first-order valence-corrected chi connectivity index (χ1v) is 5.21. The largest absolute Gasteiger partial charge is 0.480 e. The van der Waals surface area contributed by atoms with Crippen LogP contribution >= 0.6 is 0 Å². The third kappa shape index (κ3) is 5.22. The van der Waals surface area contributed by atoms with Crippen molar-refractivity contribution in [3.63, 3.8) is 0 Å². The second-order valence-electron chi connectivity index (χ2n) is 5.12. The van der Waals surface area contributed by atoms with Crippen LogP contribution in [0.3, 0.4) is 0 Å². The van der Waals surface area contributed by atoms with Crippen molar-refractivity contribution in [1.82, 2.24) is 4.90 Å². The van der Waals surface area contributed by atoms with Crippen LogP contribution < -0.4 is 0 Å². The summed E-state index contributed by atoms with van der Waals surface area (Å²) in [6, 6.07) is -0.334. The molecule has 0 aromatic carbocycles. The molecule has 14 heavy (non-hydrogen) atoms. The zero-order valence-corrected chi connectivity index (χ0v) is 10.0. The Bertz CT molecular complexity index is 184. The highest BCUT2D eigenvalue weighted by molar-refractivity contribution is 5.73. The lowest BCUT2D eigenvalue weighted by Crippen LogP contribution is -2.42. The molecule has 84 valence electrons. The van der Waals surface area contributed by atoms with Crippen LogP contribution in [-0.2, 0) is 4.79 Å². The van der Waals surface area contributed by atoms with E-state index in [0.29, 0.717) is 0 Å². The standard InChI is InChI=1S/C11H23NO2/c1-6-7-9(10(13)14)12(5)8-11(2,3)4/h9H,6-8H2,1-5H3,(H,13,14). The van der Waals surface area contributed by atoms with Gasteiger partial charge in [-0.25, -0.2) is 0 Å². The van der Waals surface area contributed by atoms with Gasteiger partial charge in [0.1, 0.15) is 6.04 Å². The number of likely N-dealkylation sites (N-methyl/N-ethyl adjacent to an activating group) is 1. The number of carbonyl (C=O) groups is 1. The molecule has 0 radical (unpaired) electrons. The van der Waals surface area contributed by atoms with Crippen molar-refractivity contribution >= 4 is 5.97 Å². The van der Waals surface area contributed by atoms with Gasteiger partial charge in [0, 0.05) is 6.54 Å². The molecule has 0 aliphatic carbocycles. The number of hydrogen-bond acceptors (Lipinski definition) is 2. The fraction of sp³-hybridized carbons (Fsp3) is 0.909. The molecule has 3 heteroatoms. The summed E-state index contributed by atoms with van der Waals surface area (Å²) in [4.78, 5) is 12.9. The first-order valence-electron chi connectivity index (χ1n) is 5.21. The Kier molecular flexibility index (Phi) is 5.13. The van der Waals surface area contributed by atoms with Crippen molar-refractivity contribution in [1.29, 1.82) is 0 Å². The van der Waals surface area contributed by atoms with E-state index < -0.39 is 5.97 Å². The molecular weight excluding hydrogens is 178 g/mol. The van der Waals surface area contributed by atoms with Gasteiger partial charge in [-0.15, -0.1) is 0 Å². The Morgan fingerprint density at radius 2 is 1.93 bits per heavy atom. The molecule has 0 bridgehead atoms. The highest BCUT2D eigenvalue weighted by Crippen LogP contribution is 2.17. The topological polar surface area (TPSA) is 40.5 Å².